The quantitative estimate of drug-likeness (QED) is 0.769. The first kappa shape index (κ1) is 12.6. The molecule has 2 heterocycles. The van der Waals surface area contributed by atoms with Crippen LogP contribution in [0.15, 0.2) is 11.4 Å². The van der Waals surface area contributed by atoms with E-state index < -0.39 is 0 Å². The summed E-state index contributed by atoms with van der Waals surface area (Å²) in [4.78, 5) is 16.4. The number of hydrogen-bond acceptors (Lipinski definition) is 4. The van der Waals surface area contributed by atoms with Crippen molar-refractivity contribution < 1.29 is 4.79 Å². The predicted molar refractivity (Wildman–Crippen MR) is 73.2 cm³/mol. The van der Waals surface area contributed by atoms with Gasteiger partial charge in [-0.3, -0.25) is 9.69 Å². The number of thiophene rings is 1. The molecular formula is C13H20N2OS. The van der Waals surface area contributed by atoms with Crippen LogP contribution in [0.2, 0.25) is 0 Å². The van der Waals surface area contributed by atoms with Gasteiger partial charge in [0.25, 0.3) is 0 Å². The van der Waals surface area contributed by atoms with Crippen LogP contribution in [-0.2, 0) is 0 Å². The fraction of sp³-hybridized carbons (Fsp3) is 0.615. The van der Waals surface area contributed by atoms with Crippen LogP contribution in [0.25, 0.3) is 0 Å². The number of carbonyl (C=O) groups is 1. The van der Waals surface area contributed by atoms with Crippen molar-refractivity contribution in [2.24, 2.45) is 0 Å². The Morgan fingerprint density at radius 3 is 2.65 bits per heavy atom. The first-order valence-electron chi connectivity index (χ1n) is 6.27. The second kappa shape index (κ2) is 5.65. The van der Waals surface area contributed by atoms with E-state index in [1.807, 2.05) is 6.07 Å². The molecule has 1 aromatic heterocycles. The van der Waals surface area contributed by atoms with Crippen molar-refractivity contribution in [3.63, 3.8) is 0 Å². The largest absolute Gasteiger partial charge is 0.368 e. The van der Waals surface area contributed by atoms with E-state index in [0.29, 0.717) is 6.04 Å². The van der Waals surface area contributed by atoms with Gasteiger partial charge in [0.15, 0.2) is 6.29 Å². The van der Waals surface area contributed by atoms with Crippen molar-refractivity contribution in [1.29, 1.82) is 0 Å². The Morgan fingerprint density at radius 1 is 1.41 bits per heavy atom. The van der Waals surface area contributed by atoms with Gasteiger partial charge in [0, 0.05) is 43.3 Å². The van der Waals surface area contributed by atoms with Crippen molar-refractivity contribution in [3.05, 3.63) is 16.3 Å². The lowest BCUT2D eigenvalue weighted by Gasteiger charge is -2.38. The van der Waals surface area contributed by atoms with Crippen molar-refractivity contribution in [2.45, 2.75) is 26.3 Å². The minimum absolute atomic E-state index is 0.685. The molecule has 0 spiro atoms. The molecule has 1 fully saturated rings. The van der Waals surface area contributed by atoms with E-state index in [1.165, 1.54) is 23.4 Å². The van der Waals surface area contributed by atoms with Gasteiger partial charge in [0.1, 0.15) is 0 Å². The molecule has 3 nitrogen and oxygen atoms in total. The van der Waals surface area contributed by atoms with E-state index >= 15 is 0 Å². The molecule has 17 heavy (non-hydrogen) atoms. The number of anilines is 1. The first-order chi connectivity index (χ1) is 8.24. The number of rotatable bonds is 4. The molecule has 0 aliphatic carbocycles. The highest BCUT2D eigenvalue weighted by Crippen LogP contribution is 2.23. The summed E-state index contributed by atoms with van der Waals surface area (Å²) in [5.41, 5.74) is 1.21. The Bertz CT molecular complexity index is 369. The third kappa shape index (κ3) is 2.87. The maximum atomic E-state index is 10.7. The topological polar surface area (TPSA) is 23.6 Å². The summed E-state index contributed by atoms with van der Waals surface area (Å²) in [6.45, 7) is 8.93. The smallest absolute Gasteiger partial charge is 0.160 e. The van der Waals surface area contributed by atoms with E-state index in [0.717, 1.165) is 37.3 Å². The lowest BCUT2D eigenvalue weighted by Crippen LogP contribution is -2.49. The fourth-order valence-corrected chi connectivity index (χ4v) is 2.97. The second-order valence-electron chi connectivity index (χ2n) is 4.61. The molecule has 1 aromatic rings. The molecule has 0 saturated carbocycles. The molecule has 0 amide bonds. The lowest BCUT2D eigenvalue weighted by molar-refractivity contribution is 0.112. The maximum absolute atomic E-state index is 10.7. The summed E-state index contributed by atoms with van der Waals surface area (Å²) in [6.07, 6.45) is 2.15. The average Bonchev–Trinajstić information content (AvgIpc) is 2.87. The van der Waals surface area contributed by atoms with E-state index in [2.05, 4.69) is 29.0 Å². The molecule has 0 aromatic carbocycles. The highest BCUT2D eigenvalue weighted by Gasteiger charge is 2.20. The van der Waals surface area contributed by atoms with Crippen LogP contribution in [0.1, 0.15) is 29.9 Å². The van der Waals surface area contributed by atoms with Crippen LogP contribution in [0.3, 0.4) is 0 Å². The van der Waals surface area contributed by atoms with Gasteiger partial charge in [0.2, 0.25) is 0 Å². The lowest BCUT2D eigenvalue weighted by atomic mass is 10.2. The van der Waals surface area contributed by atoms with E-state index in [9.17, 15) is 4.79 Å². The van der Waals surface area contributed by atoms with Gasteiger partial charge in [-0.15, -0.1) is 11.3 Å². The SMILES string of the molecule is CCC(C)N1CCN(c2csc(C=O)c2)CC1. The van der Waals surface area contributed by atoms with Gasteiger partial charge in [-0.2, -0.15) is 0 Å². The van der Waals surface area contributed by atoms with Crippen molar-refractivity contribution in [1.82, 2.24) is 4.90 Å². The normalized spacial score (nSPS) is 19.3. The highest BCUT2D eigenvalue weighted by atomic mass is 32.1. The Kier molecular flexibility index (Phi) is 4.18. The molecule has 1 atom stereocenters. The summed E-state index contributed by atoms with van der Waals surface area (Å²) in [5.74, 6) is 0. The van der Waals surface area contributed by atoms with Crippen molar-refractivity contribution in [2.75, 3.05) is 31.1 Å². The van der Waals surface area contributed by atoms with E-state index in [-0.39, 0.29) is 0 Å². The third-order valence-electron chi connectivity index (χ3n) is 3.62. The average molecular weight is 252 g/mol. The zero-order chi connectivity index (χ0) is 12.3. The highest BCUT2D eigenvalue weighted by molar-refractivity contribution is 7.12. The van der Waals surface area contributed by atoms with Crippen LogP contribution in [0, 0.1) is 0 Å². The van der Waals surface area contributed by atoms with Gasteiger partial charge in [-0.25, -0.2) is 0 Å². The molecule has 0 N–H and O–H groups in total. The van der Waals surface area contributed by atoms with Crippen LogP contribution in [-0.4, -0.2) is 43.4 Å². The van der Waals surface area contributed by atoms with E-state index in [4.69, 9.17) is 0 Å². The Morgan fingerprint density at radius 2 is 2.12 bits per heavy atom. The van der Waals surface area contributed by atoms with Gasteiger partial charge < -0.3 is 4.90 Å². The number of hydrogen-bond donors (Lipinski definition) is 0. The van der Waals surface area contributed by atoms with Gasteiger partial charge >= 0.3 is 0 Å². The third-order valence-corrected chi connectivity index (χ3v) is 4.46. The molecule has 1 unspecified atom stereocenters. The van der Waals surface area contributed by atoms with Crippen LogP contribution in [0.4, 0.5) is 5.69 Å². The zero-order valence-electron chi connectivity index (χ0n) is 10.6. The summed E-state index contributed by atoms with van der Waals surface area (Å²) < 4.78 is 0. The predicted octanol–water partition coefficient (Wildman–Crippen LogP) is 2.48. The summed E-state index contributed by atoms with van der Waals surface area (Å²) in [6, 6.07) is 2.68. The fourth-order valence-electron chi connectivity index (χ4n) is 2.25. The monoisotopic (exact) mass is 252 g/mol. The standard InChI is InChI=1S/C13H20N2OS/c1-3-11(2)14-4-6-15(7-5-14)12-8-13(9-16)17-10-12/h8-11H,3-7H2,1-2H3. The number of nitrogens with zero attached hydrogens (tertiary/aromatic N) is 2. The van der Waals surface area contributed by atoms with E-state index in [1.54, 1.807) is 0 Å². The minimum Gasteiger partial charge on any atom is -0.368 e. The summed E-state index contributed by atoms with van der Waals surface area (Å²) >= 11 is 1.53. The van der Waals surface area contributed by atoms with Gasteiger partial charge in [-0.1, -0.05) is 6.92 Å². The van der Waals surface area contributed by atoms with Crippen LogP contribution >= 0.6 is 11.3 Å². The Balaban J connectivity index is 1.92. The second-order valence-corrected chi connectivity index (χ2v) is 5.55. The number of aldehydes is 1. The zero-order valence-corrected chi connectivity index (χ0v) is 11.4. The molecule has 1 aliphatic heterocycles. The number of carbonyl (C=O) groups excluding carboxylic acids is 1. The molecule has 0 radical (unpaired) electrons. The number of piperazine rings is 1. The van der Waals surface area contributed by atoms with Crippen LogP contribution < -0.4 is 4.90 Å². The molecule has 1 aliphatic rings. The Labute approximate surface area is 107 Å². The molecule has 1 saturated heterocycles. The van der Waals surface area contributed by atoms with Crippen molar-refractivity contribution >= 4 is 23.3 Å². The van der Waals surface area contributed by atoms with Crippen LogP contribution in [0.5, 0.6) is 0 Å². The molecule has 2 rings (SSSR count). The minimum atomic E-state index is 0.685. The first-order valence-corrected chi connectivity index (χ1v) is 7.15. The van der Waals surface area contributed by atoms with Gasteiger partial charge in [0.05, 0.1) is 4.88 Å². The summed E-state index contributed by atoms with van der Waals surface area (Å²) in [5, 5.41) is 2.09. The molecular weight excluding hydrogens is 232 g/mol. The molecule has 0 bridgehead atoms. The molecule has 94 valence electrons. The summed E-state index contributed by atoms with van der Waals surface area (Å²) in [7, 11) is 0. The maximum Gasteiger partial charge on any atom is 0.160 e. The van der Waals surface area contributed by atoms with Crippen molar-refractivity contribution in [3.8, 4) is 0 Å². The molecule has 4 heteroatoms. The van der Waals surface area contributed by atoms with Gasteiger partial charge in [-0.05, 0) is 19.4 Å². The Hall–Kier alpha value is -0.870.